The summed E-state index contributed by atoms with van der Waals surface area (Å²) in [4.78, 5) is 37.4. The van der Waals surface area contributed by atoms with E-state index in [1.807, 2.05) is 6.07 Å². The Morgan fingerprint density at radius 1 is 1.21 bits per heavy atom. The molecule has 0 atom stereocenters. The maximum atomic E-state index is 13.1. The van der Waals surface area contributed by atoms with Crippen LogP contribution in [0.2, 0.25) is 0 Å². The smallest absolute Gasteiger partial charge is 0.340 e. The van der Waals surface area contributed by atoms with Gasteiger partial charge in [-0.15, -0.1) is 0 Å². The molecule has 0 N–H and O–H groups in total. The van der Waals surface area contributed by atoms with E-state index in [9.17, 15) is 19.7 Å². The van der Waals surface area contributed by atoms with Gasteiger partial charge in [0.15, 0.2) is 0 Å². The number of nitro benzene ring substituents is 1. The van der Waals surface area contributed by atoms with E-state index in [1.54, 1.807) is 31.2 Å². The van der Waals surface area contributed by atoms with Crippen molar-refractivity contribution >= 4 is 45.3 Å². The van der Waals surface area contributed by atoms with Crippen molar-refractivity contribution in [2.45, 2.75) is 6.92 Å². The summed E-state index contributed by atoms with van der Waals surface area (Å²) in [7, 11) is 1.24. The Labute approximate surface area is 169 Å². The maximum absolute atomic E-state index is 13.1. The number of allylic oxidation sites excluding steroid dienone is 1. The molecule has 7 nitrogen and oxygen atoms in total. The molecule has 0 saturated heterocycles. The molecule has 28 heavy (non-hydrogen) atoms. The van der Waals surface area contributed by atoms with Crippen molar-refractivity contribution in [3.05, 3.63) is 85.5 Å². The Hall–Kier alpha value is -3.26. The molecule has 1 aliphatic rings. The molecule has 1 aliphatic heterocycles. The first-order chi connectivity index (χ1) is 13.3. The molecule has 2 aromatic rings. The van der Waals surface area contributed by atoms with Gasteiger partial charge in [-0.3, -0.25) is 19.8 Å². The number of benzene rings is 2. The van der Waals surface area contributed by atoms with Gasteiger partial charge in [0.2, 0.25) is 0 Å². The zero-order valence-corrected chi connectivity index (χ0v) is 16.6. The van der Waals surface area contributed by atoms with Gasteiger partial charge in [-0.05, 0) is 36.8 Å². The summed E-state index contributed by atoms with van der Waals surface area (Å²) < 4.78 is 5.64. The molecular formula is C20H15BrN2O5. The highest BCUT2D eigenvalue weighted by Gasteiger charge is 2.38. The second-order valence-electron chi connectivity index (χ2n) is 5.98. The molecule has 0 radical (unpaired) electrons. The Morgan fingerprint density at radius 3 is 2.57 bits per heavy atom. The monoisotopic (exact) mass is 442 g/mol. The summed E-state index contributed by atoms with van der Waals surface area (Å²) in [5.74, 6) is -1.07. The first kappa shape index (κ1) is 19.5. The van der Waals surface area contributed by atoms with Gasteiger partial charge in [0, 0.05) is 22.3 Å². The van der Waals surface area contributed by atoms with E-state index < -0.39 is 16.8 Å². The third kappa shape index (κ3) is 3.59. The molecule has 3 rings (SSSR count). The third-order valence-electron chi connectivity index (χ3n) is 4.25. The van der Waals surface area contributed by atoms with Crippen LogP contribution in [-0.4, -0.2) is 23.9 Å². The van der Waals surface area contributed by atoms with Gasteiger partial charge >= 0.3 is 5.97 Å². The number of anilines is 1. The number of nitrogens with zero attached hydrogens (tertiary/aromatic N) is 2. The van der Waals surface area contributed by atoms with Gasteiger partial charge in [0.05, 0.1) is 28.9 Å². The lowest BCUT2D eigenvalue weighted by Crippen LogP contribution is -2.24. The largest absolute Gasteiger partial charge is 0.465 e. The number of carbonyl (C=O) groups excluding carboxylic acids is 2. The highest BCUT2D eigenvalue weighted by molar-refractivity contribution is 9.10. The summed E-state index contributed by atoms with van der Waals surface area (Å²) in [6.45, 7) is 1.65. The number of esters is 1. The number of carbonyl (C=O) groups is 2. The average molecular weight is 443 g/mol. The second kappa shape index (κ2) is 7.77. The van der Waals surface area contributed by atoms with Crippen LogP contribution in [0.15, 0.2) is 69.8 Å². The summed E-state index contributed by atoms with van der Waals surface area (Å²) in [5.41, 5.74) is 1.57. The molecule has 142 valence electrons. The number of non-ortho nitro benzene ring substituents is 1. The van der Waals surface area contributed by atoms with Crippen LogP contribution in [0.1, 0.15) is 12.5 Å². The summed E-state index contributed by atoms with van der Waals surface area (Å²) in [5, 5.41) is 11.0. The lowest BCUT2D eigenvalue weighted by molar-refractivity contribution is -0.384. The molecule has 0 spiro atoms. The number of hydrogen-bond donors (Lipinski definition) is 0. The molecule has 1 amide bonds. The standard InChI is InChI=1S/C20H15BrN2O5/c1-12-18(20(25)28-2)17(10-13-5-3-8-16(9-13)23(26)27)19(24)22(12)15-7-4-6-14(21)11-15/h3-11H,1-2H3/b17-10-. The fraction of sp³-hybridized carbons (Fsp3) is 0.100. The predicted octanol–water partition coefficient (Wildman–Crippen LogP) is 4.23. The van der Waals surface area contributed by atoms with E-state index in [0.29, 0.717) is 16.9 Å². The molecule has 2 aromatic carbocycles. The third-order valence-corrected chi connectivity index (χ3v) is 4.74. The SMILES string of the molecule is COC(=O)C1=C(C)N(c2cccc(Br)c2)C(=O)/C1=C\c1cccc([N+](=O)[O-])c1. The Morgan fingerprint density at radius 2 is 1.93 bits per heavy atom. The molecule has 0 aliphatic carbocycles. The summed E-state index contributed by atoms with van der Waals surface area (Å²) in [6.07, 6.45) is 1.46. The lowest BCUT2D eigenvalue weighted by atomic mass is 10.0. The van der Waals surface area contributed by atoms with Crippen LogP contribution in [0.3, 0.4) is 0 Å². The highest BCUT2D eigenvalue weighted by atomic mass is 79.9. The number of amides is 1. The van der Waals surface area contributed by atoms with Gasteiger partial charge in [0.25, 0.3) is 11.6 Å². The fourth-order valence-electron chi connectivity index (χ4n) is 3.00. The van der Waals surface area contributed by atoms with E-state index in [1.165, 1.54) is 36.3 Å². The minimum Gasteiger partial charge on any atom is -0.465 e. The van der Waals surface area contributed by atoms with Crippen LogP contribution in [0.5, 0.6) is 0 Å². The number of ether oxygens (including phenoxy) is 1. The number of nitro groups is 1. The van der Waals surface area contributed by atoms with Crippen molar-refractivity contribution in [1.82, 2.24) is 0 Å². The van der Waals surface area contributed by atoms with Gasteiger partial charge < -0.3 is 4.74 Å². The van der Waals surface area contributed by atoms with Gasteiger partial charge in [0.1, 0.15) is 0 Å². The van der Waals surface area contributed by atoms with E-state index >= 15 is 0 Å². The van der Waals surface area contributed by atoms with E-state index in [0.717, 1.165) is 4.47 Å². The number of hydrogen-bond acceptors (Lipinski definition) is 5. The number of rotatable bonds is 4. The first-order valence-electron chi connectivity index (χ1n) is 8.19. The molecule has 8 heteroatoms. The molecule has 0 aromatic heterocycles. The molecule has 1 heterocycles. The highest BCUT2D eigenvalue weighted by Crippen LogP contribution is 2.36. The summed E-state index contributed by atoms with van der Waals surface area (Å²) in [6, 6.07) is 12.9. The van der Waals surface area contributed by atoms with Crippen LogP contribution >= 0.6 is 15.9 Å². The van der Waals surface area contributed by atoms with Crippen molar-refractivity contribution in [2.75, 3.05) is 12.0 Å². The molecule has 0 bridgehead atoms. The Kier molecular flexibility index (Phi) is 5.41. The number of methoxy groups -OCH3 is 1. The van der Waals surface area contributed by atoms with E-state index in [4.69, 9.17) is 4.74 Å². The quantitative estimate of drug-likeness (QED) is 0.305. The molecule has 0 unspecified atom stereocenters. The van der Waals surface area contributed by atoms with E-state index in [2.05, 4.69) is 15.9 Å². The Balaban J connectivity index is 2.15. The van der Waals surface area contributed by atoms with Crippen LogP contribution in [0.25, 0.3) is 6.08 Å². The zero-order chi connectivity index (χ0) is 20.4. The van der Waals surface area contributed by atoms with Crippen molar-refractivity contribution < 1.29 is 19.2 Å². The normalized spacial score (nSPS) is 15.3. The summed E-state index contributed by atoms with van der Waals surface area (Å²) >= 11 is 3.37. The van der Waals surface area contributed by atoms with Gasteiger partial charge in [-0.25, -0.2) is 4.79 Å². The lowest BCUT2D eigenvalue weighted by Gasteiger charge is -2.18. The van der Waals surface area contributed by atoms with E-state index in [-0.39, 0.29) is 16.8 Å². The molecular weight excluding hydrogens is 428 g/mol. The van der Waals surface area contributed by atoms with Gasteiger partial charge in [-0.1, -0.05) is 34.1 Å². The maximum Gasteiger partial charge on any atom is 0.340 e. The van der Waals surface area contributed by atoms with Crippen molar-refractivity contribution in [3.8, 4) is 0 Å². The van der Waals surface area contributed by atoms with Crippen molar-refractivity contribution in [2.24, 2.45) is 0 Å². The minimum absolute atomic E-state index is 0.107. The van der Waals surface area contributed by atoms with Crippen molar-refractivity contribution in [3.63, 3.8) is 0 Å². The Bertz CT molecular complexity index is 1060. The van der Waals surface area contributed by atoms with Crippen LogP contribution in [0, 0.1) is 10.1 Å². The predicted molar refractivity (Wildman–Crippen MR) is 107 cm³/mol. The van der Waals surface area contributed by atoms with Gasteiger partial charge in [-0.2, -0.15) is 0 Å². The minimum atomic E-state index is -0.653. The van der Waals surface area contributed by atoms with Crippen LogP contribution < -0.4 is 4.90 Å². The van der Waals surface area contributed by atoms with Crippen LogP contribution in [-0.2, 0) is 14.3 Å². The first-order valence-corrected chi connectivity index (χ1v) is 8.98. The number of halogens is 1. The average Bonchev–Trinajstić information content (AvgIpc) is 2.91. The fourth-order valence-corrected chi connectivity index (χ4v) is 3.39. The van der Waals surface area contributed by atoms with Crippen molar-refractivity contribution in [1.29, 1.82) is 0 Å². The molecule has 0 fully saturated rings. The molecule has 0 saturated carbocycles. The topological polar surface area (TPSA) is 89.8 Å². The zero-order valence-electron chi connectivity index (χ0n) is 15.0. The second-order valence-corrected chi connectivity index (χ2v) is 6.90. The van der Waals surface area contributed by atoms with Crippen LogP contribution in [0.4, 0.5) is 11.4 Å².